The molecule has 1 aliphatic rings. The quantitative estimate of drug-likeness (QED) is 0.549. The molecule has 0 atom stereocenters. The number of carbonyl (C=O) groups is 1. The number of nitrogens with zero attached hydrogens (tertiary/aromatic N) is 2. The molecule has 4 nitrogen and oxygen atoms in total. The van der Waals surface area contributed by atoms with Crippen LogP contribution in [0.4, 0.5) is 0 Å². The topological polar surface area (TPSA) is 35.6 Å². The van der Waals surface area contributed by atoms with E-state index in [2.05, 4.69) is 10.3 Å². The van der Waals surface area contributed by atoms with E-state index >= 15 is 0 Å². The van der Waals surface area contributed by atoms with Crippen molar-refractivity contribution in [3.8, 4) is 0 Å². The Morgan fingerprint density at radius 2 is 2.18 bits per heavy atom. The van der Waals surface area contributed by atoms with Gasteiger partial charge in [0, 0.05) is 32.7 Å². The number of hydrogen-bond acceptors (Lipinski definition) is 3. The minimum Gasteiger partial charge on any atom is -0.314 e. The summed E-state index contributed by atoms with van der Waals surface area (Å²) in [7, 11) is 0. The van der Waals surface area contributed by atoms with Crippen molar-refractivity contribution in [3.05, 3.63) is 0 Å². The molecule has 1 rings (SSSR count). The van der Waals surface area contributed by atoms with Crippen LogP contribution in [0.3, 0.4) is 0 Å². The lowest BCUT2D eigenvalue weighted by atomic mass is 10.4. The molecule has 64 valence electrons. The zero-order chi connectivity index (χ0) is 8.10. The molecular weight excluding hydrogens is 142 g/mol. The monoisotopic (exact) mass is 157 g/mol. The van der Waals surface area contributed by atoms with E-state index in [4.69, 9.17) is 0 Å². The van der Waals surface area contributed by atoms with Gasteiger partial charge < -0.3 is 5.32 Å². The van der Waals surface area contributed by atoms with E-state index in [-0.39, 0.29) is 0 Å². The first-order valence-electron chi connectivity index (χ1n) is 4.06. The predicted molar refractivity (Wildman–Crippen MR) is 42.9 cm³/mol. The van der Waals surface area contributed by atoms with Crippen molar-refractivity contribution < 1.29 is 4.79 Å². The maximum absolute atomic E-state index is 10.5. The van der Waals surface area contributed by atoms with Crippen LogP contribution >= 0.6 is 0 Å². The molecule has 4 heteroatoms. The smallest absolute Gasteiger partial charge is 0.224 e. The molecule has 0 unspecified atom stereocenters. The molecule has 0 radical (unpaired) electrons. The van der Waals surface area contributed by atoms with Crippen molar-refractivity contribution in [2.24, 2.45) is 0 Å². The van der Waals surface area contributed by atoms with Crippen molar-refractivity contribution in [1.29, 1.82) is 0 Å². The van der Waals surface area contributed by atoms with E-state index in [1.54, 1.807) is 5.01 Å². The van der Waals surface area contributed by atoms with E-state index in [0.717, 1.165) is 39.1 Å². The first-order valence-corrected chi connectivity index (χ1v) is 4.06. The van der Waals surface area contributed by atoms with E-state index < -0.39 is 0 Å². The van der Waals surface area contributed by atoms with Gasteiger partial charge in [0.1, 0.15) is 0 Å². The molecule has 1 aliphatic heterocycles. The van der Waals surface area contributed by atoms with Gasteiger partial charge in [-0.05, 0) is 6.92 Å². The van der Waals surface area contributed by atoms with Gasteiger partial charge in [-0.3, -0.25) is 9.80 Å². The summed E-state index contributed by atoms with van der Waals surface area (Å²) in [6, 6.07) is 0. The first kappa shape index (κ1) is 8.49. The fraction of sp³-hybridized carbons (Fsp3) is 0.857. The molecule has 1 fully saturated rings. The number of hydrazine groups is 1. The second-order valence-electron chi connectivity index (χ2n) is 2.56. The highest BCUT2D eigenvalue weighted by Gasteiger charge is 2.13. The highest BCUT2D eigenvalue weighted by atomic mass is 16.1. The van der Waals surface area contributed by atoms with Crippen molar-refractivity contribution in [2.45, 2.75) is 6.92 Å². The van der Waals surface area contributed by atoms with Crippen LogP contribution in [0.1, 0.15) is 6.92 Å². The van der Waals surface area contributed by atoms with E-state index in [9.17, 15) is 4.79 Å². The number of hydrogen-bond donors (Lipinski definition) is 1. The van der Waals surface area contributed by atoms with Crippen molar-refractivity contribution in [2.75, 3.05) is 32.7 Å². The van der Waals surface area contributed by atoms with Crippen LogP contribution in [0, 0.1) is 0 Å². The van der Waals surface area contributed by atoms with Crippen LogP contribution in [0.2, 0.25) is 0 Å². The zero-order valence-corrected chi connectivity index (χ0v) is 6.92. The summed E-state index contributed by atoms with van der Waals surface area (Å²) < 4.78 is 0. The van der Waals surface area contributed by atoms with Gasteiger partial charge in [-0.25, -0.2) is 5.01 Å². The lowest BCUT2D eigenvalue weighted by Crippen LogP contribution is -2.51. The van der Waals surface area contributed by atoms with Crippen LogP contribution in [0.15, 0.2) is 0 Å². The van der Waals surface area contributed by atoms with Crippen LogP contribution in [-0.2, 0) is 4.79 Å². The summed E-state index contributed by atoms with van der Waals surface area (Å²) in [6.07, 6.45) is 0.894. The fourth-order valence-corrected chi connectivity index (χ4v) is 1.25. The van der Waals surface area contributed by atoms with Gasteiger partial charge in [-0.2, -0.15) is 0 Å². The van der Waals surface area contributed by atoms with Crippen LogP contribution in [0.5, 0.6) is 0 Å². The average Bonchev–Trinajstić information content (AvgIpc) is 2.09. The molecule has 0 aromatic heterocycles. The molecule has 0 bridgehead atoms. The molecule has 1 heterocycles. The number of nitrogens with one attached hydrogen (secondary N) is 1. The lowest BCUT2D eigenvalue weighted by molar-refractivity contribution is -0.135. The Balaban J connectivity index is 2.35. The Labute approximate surface area is 67.1 Å². The Kier molecular flexibility index (Phi) is 3.32. The number of piperazine rings is 1. The Morgan fingerprint density at radius 1 is 1.55 bits per heavy atom. The number of amides is 1. The van der Waals surface area contributed by atoms with Crippen LogP contribution in [-0.4, -0.2) is 49.2 Å². The van der Waals surface area contributed by atoms with Gasteiger partial charge in [0.15, 0.2) is 0 Å². The molecule has 1 amide bonds. The third kappa shape index (κ3) is 2.17. The average molecular weight is 157 g/mol. The molecule has 1 N–H and O–H groups in total. The van der Waals surface area contributed by atoms with Crippen LogP contribution < -0.4 is 5.32 Å². The third-order valence-corrected chi connectivity index (χ3v) is 1.90. The molecule has 0 saturated carbocycles. The van der Waals surface area contributed by atoms with Gasteiger partial charge in [0.2, 0.25) is 6.41 Å². The van der Waals surface area contributed by atoms with E-state index in [1.807, 2.05) is 6.92 Å². The molecular formula is C7H15N3O. The zero-order valence-electron chi connectivity index (χ0n) is 6.92. The number of rotatable bonds is 3. The summed E-state index contributed by atoms with van der Waals surface area (Å²) in [4.78, 5) is 10.5. The van der Waals surface area contributed by atoms with Crippen molar-refractivity contribution in [3.63, 3.8) is 0 Å². The van der Waals surface area contributed by atoms with E-state index in [0.29, 0.717) is 0 Å². The SMILES string of the molecule is CCN(C=O)N1CCNCC1. The maximum Gasteiger partial charge on any atom is 0.224 e. The summed E-state index contributed by atoms with van der Waals surface area (Å²) in [6.45, 7) is 6.58. The molecule has 1 saturated heterocycles. The summed E-state index contributed by atoms with van der Waals surface area (Å²) in [5, 5.41) is 7.03. The molecule has 11 heavy (non-hydrogen) atoms. The van der Waals surface area contributed by atoms with Gasteiger partial charge in [-0.15, -0.1) is 0 Å². The second kappa shape index (κ2) is 4.31. The normalized spacial score (nSPS) is 19.7. The highest BCUT2D eigenvalue weighted by molar-refractivity contribution is 5.45. The molecule has 0 spiro atoms. The van der Waals surface area contributed by atoms with Crippen LogP contribution in [0.25, 0.3) is 0 Å². The Hall–Kier alpha value is -0.610. The highest BCUT2D eigenvalue weighted by Crippen LogP contribution is 1.96. The molecule has 0 aliphatic carbocycles. The largest absolute Gasteiger partial charge is 0.314 e. The third-order valence-electron chi connectivity index (χ3n) is 1.90. The molecule has 0 aromatic carbocycles. The van der Waals surface area contributed by atoms with Gasteiger partial charge in [-0.1, -0.05) is 0 Å². The minimum absolute atomic E-state index is 0.767. The van der Waals surface area contributed by atoms with Crippen molar-refractivity contribution >= 4 is 6.41 Å². The second-order valence-corrected chi connectivity index (χ2v) is 2.56. The fourth-order valence-electron chi connectivity index (χ4n) is 1.25. The summed E-state index contributed by atoms with van der Waals surface area (Å²) in [5.41, 5.74) is 0. The number of carbonyl (C=O) groups excluding carboxylic acids is 1. The van der Waals surface area contributed by atoms with Gasteiger partial charge >= 0.3 is 0 Å². The molecule has 0 aromatic rings. The lowest BCUT2D eigenvalue weighted by Gasteiger charge is -2.34. The first-order chi connectivity index (χ1) is 5.38. The maximum atomic E-state index is 10.5. The minimum atomic E-state index is 0.767. The summed E-state index contributed by atoms with van der Waals surface area (Å²) >= 11 is 0. The van der Waals surface area contributed by atoms with Gasteiger partial charge in [0.25, 0.3) is 0 Å². The van der Waals surface area contributed by atoms with E-state index in [1.165, 1.54) is 0 Å². The summed E-state index contributed by atoms with van der Waals surface area (Å²) in [5.74, 6) is 0. The Morgan fingerprint density at radius 3 is 2.64 bits per heavy atom. The van der Waals surface area contributed by atoms with Crippen molar-refractivity contribution in [1.82, 2.24) is 15.3 Å². The standard InChI is InChI=1S/C7H15N3O/c1-2-9(7-11)10-5-3-8-4-6-10/h7-8H,2-6H2,1H3. The predicted octanol–water partition coefficient (Wildman–Crippen LogP) is -0.715. The Bertz CT molecular complexity index is 123. The van der Waals surface area contributed by atoms with Gasteiger partial charge in [0.05, 0.1) is 0 Å².